The maximum absolute atomic E-state index is 11.3. The van der Waals surface area contributed by atoms with Crippen molar-refractivity contribution in [3.63, 3.8) is 0 Å². The number of esters is 1. The monoisotopic (exact) mass is 234 g/mol. The Bertz CT molecular complexity index is 365. The third-order valence-electron chi connectivity index (χ3n) is 1.99. The van der Waals surface area contributed by atoms with Crippen LogP contribution < -0.4 is 11.1 Å². The van der Waals surface area contributed by atoms with E-state index < -0.39 is 0 Å². The van der Waals surface area contributed by atoms with Crippen LogP contribution in [0.4, 0.5) is 0 Å². The lowest BCUT2D eigenvalue weighted by atomic mass is 10.2. The normalized spacial score (nSPS) is 9.65. The lowest BCUT2D eigenvalue weighted by Crippen LogP contribution is -2.31. The van der Waals surface area contributed by atoms with Gasteiger partial charge in [-0.3, -0.25) is 10.2 Å². The van der Waals surface area contributed by atoms with E-state index >= 15 is 0 Å². The highest BCUT2D eigenvalue weighted by atomic mass is 16.5. The van der Waals surface area contributed by atoms with Crippen LogP contribution in [-0.4, -0.2) is 18.5 Å². The molecule has 4 N–H and O–H groups in total. The summed E-state index contributed by atoms with van der Waals surface area (Å²) < 4.78 is 5.03. The van der Waals surface area contributed by atoms with Crippen molar-refractivity contribution < 1.29 is 9.53 Å². The van der Waals surface area contributed by atoms with Gasteiger partial charge in [-0.15, -0.1) is 0 Å². The van der Waals surface area contributed by atoms with Crippen LogP contribution in [0.25, 0.3) is 0 Å². The van der Waals surface area contributed by atoms with Crippen LogP contribution in [0.5, 0.6) is 0 Å². The standard InChI is InChI=1S/C12H16N3O2/c13-12(14)15-8-4-7-11(16)17-9-10-5-2-1-3-6-10/h1-3,5-7H,4,8-9H2,(H4,13,14,15). The molecule has 0 aliphatic heterocycles. The van der Waals surface area contributed by atoms with Gasteiger partial charge in [0.1, 0.15) is 6.61 Å². The van der Waals surface area contributed by atoms with Crippen LogP contribution in [0.1, 0.15) is 12.0 Å². The number of ether oxygens (including phenoxy) is 1. The van der Waals surface area contributed by atoms with Gasteiger partial charge in [-0.05, 0) is 12.0 Å². The van der Waals surface area contributed by atoms with Crippen molar-refractivity contribution in [2.24, 2.45) is 5.73 Å². The molecule has 1 aromatic rings. The van der Waals surface area contributed by atoms with Crippen molar-refractivity contribution in [2.75, 3.05) is 6.54 Å². The second kappa shape index (κ2) is 7.27. The molecule has 0 aliphatic carbocycles. The molecule has 17 heavy (non-hydrogen) atoms. The van der Waals surface area contributed by atoms with Crippen molar-refractivity contribution in [3.05, 3.63) is 42.3 Å². The molecule has 0 atom stereocenters. The molecular formula is C12H16N3O2. The Balaban J connectivity index is 2.11. The van der Waals surface area contributed by atoms with Gasteiger partial charge in [0.05, 0.1) is 6.42 Å². The predicted octanol–water partition coefficient (Wildman–Crippen LogP) is 0.807. The van der Waals surface area contributed by atoms with Crippen LogP contribution in [-0.2, 0) is 16.1 Å². The number of nitrogens with two attached hydrogens (primary N) is 1. The maximum Gasteiger partial charge on any atom is 0.310 e. The summed E-state index contributed by atoms with van der Waals surface area (Å²) in [4.78, 5) is 11.3. The van der Waals surface area contributed by atoms with E-state index in [0.29, 0.717) is 13.0 Å². The topological polar surface area (TPSA) is 88.2 Å². The first-order valence-electron chi connectivity index (χ1n) is 5.30. The van der Waals surface area contributed by atoms with Crippen molar-refractivity contribution in [3.8, 4) is 0 Å². The molecule has 0 aliphatic rings. The molecule has 0 bridgehead atoms. The third-order valence-corrected chi connectivity index (χ3v) is 1.99. The minimum Gasteiger partial charge on any atom is -0.461 e. The number of guanidine groups is 1. The fraction of sp³-hybridized carbons (Fsp3) is 0.250. The summed E-state index contributed by atoms with van der Waals surface area (Å²) in [6.45, 7) is 0.728. The largest absolute Gasteiger partial charge is 0.461 e. The summed E-state index contributed by atoms with van der Waals surface area (Å²) in [7, 11) is 0. The smallest absolute Gasteiger partial charge is 0.310 e. The first-order valence-corrected chi connectivity index (χ1v) is 5.30. The highest BCUT2D eigenvalue weighted by Crippen LogP contribution is 2.01. The molecule has 1 aromatic carbocycles. The summed E-state index contributed by atoms with van der Waals surface area (Å²) in [5.41, 5.74) is 6.04. The van der Waals surface area contributed by atoms with E-state index in [9.17, 15) is 4.79 Å². The molecule has 0 fully saturated rings. The quantitative estimate of drug-likeness (QED) is 0.294. The molecule has 0 saturated carbocycles. The molecule has 0 aromatic heterocycles. The van der Waals surface area contributed by atoms with Crippen LogP contribution in [0.2, 0.25) is 0 Å². The average Bonchev–Trinajstić information content (AvgIpc) is 2.33. The minimum absolute atomic E-state index is 0.101. The van der Waals surface area contributed by atoms with E-state index in [1.165, 1.54) is 6.42 Å². The van der Waals surface area contributed by atoms with Crippen molar-refractivity contribution in [2.45, 2.75) is 13.0 Å². The van der Waals surface area contributed by atoms with Crippen molar-refractivity contribution >= 4 is 11.9 Å². The highest BCUT2D eigenvalue weighted by Gasteiger charge is 2.03. The van der Waals surface area contributed by atoms with Crippen LogP contribution in [0, 0.1) is 11.8 Å². The van der Waals surface area contributed by atoms with Crippen LogP contribution in [0.3, 0.4) is 0 Å². The Morgan fingerprint density at radius 3 is 2.76 bits per heavy atom. The molecule has 5 nitrogen and oxygen atoms in total. The average molecular weight is 234 g/mol. The molecule has 91 valence electrons. The summed E-state index contributed by atoms with van der Waals surface area (Å²) in [5.74, 6) is -0.463. The number of rotatable bonds is 6. The minimum atomic E-state index is -0.362. The van der Waals surface area contributed by atoms with E-state index in [-0.39, 0.29) is 18.5 Å². The summed E-state index contributed by atoms with van der Waals surface area (Å²) >= 11 is 0. The Morgan fingerprint density at radius 2 is 2.12 bits per heavy atom. The fourth-order valence-electron chi connectivity index (χ4n) is 1.18. The molecule has 0 saturated heterocycles. The number of benzene rings is 1. The van der Waals surface area contributed by atoms with Gasteiger partial charge in [0, 0.05) is 6.54 Å². The lowest BCUT2D eigenvalue weighted by Gasteiger charge is -2.05. The zero-order chi connectivity index (χ0) is 12.5. The second-order valence-corrected chi connectivity index (χ2v) is 3.43. The third kappa shape index (κ3) is 6.19. The molecule has 5 heteroatoms. The Kier molecular flexibility index (Phi) is 5.57. The van der Waals surface area contributed by atoms with Gasteiger partial charge >= 0.3 is 5.97 Å². The molecular weight excluding hydrogens is 218 g/mol. The van der Waals surface area contributed by atoms with E-state index in [0.717, 1.165) is 5.56 Å². The fourth-order valence-corrected chi connectivity index (χ4v) is 1.18. The molecule has 0 amide bonds. The summed E-state index contributed by atoms with van der Waals surface area (Å²) in [6.07, 6.45) is 1.91. The van der Waals surface area contributed by atoms with Crippen LogP contribution >= 0.6 is 0 Å². The number of carbonyl (C=O) groups is 1. The highest BCUT2D eigenvalue weighted by molar-refractivity contribution is 5.79. The molecule has 1 rings (SSSR count). The first kappa shape index (κ1) is 13.0. The molecule has 0 spiro atoms. The van der Waals surface area contributed by atoms with Gasteiger partial charge in [-0.25, -0.2) is 0 Å². The van der Waals surface area contributed by atoms with Crippen molar-refractivity contribution in [1.82, 2.24) is 5.32 Å². The first-order chi connectivity index (χ1) is 8.18. The number of hydrogen-bond acceptors (Lipinski definition) is 3. The maximum atomic E-state index is 11.3. The van der Waals surface area contributed by atoms with Gasteiger partial charge in [0.2, 0.25) is 0 Å². The Morgan fingerprint density at radius 1 is 1.41 bits per heavy atom. The number of nitrogens with one attached hydrogen (secondary N) is 2. The Hall–Kier alpha value is -2.04. The van der Waals surface area contributed by atoms with Crippen molar-refractivity contribution in [1.29, 1.82) is 5.41 Å². The van der Waals surface area contributed by atoms with Gasteiger partial charge in [-0.2, -0.15) is 0 Å². The molecule has 1 radical (unpaired) electrons. The van der Waals surface area contributed by atoms with Gasteiger partial charge in [0.25, 0.3) is 0 Å². The second-order valence-electron chi connectivity index (χ2n) is 3.43. The predicted molar refractivity (Wildman–Crippen MR) is 65.1 cm³/mol. The lowest BCUT2D eigenvalue weighted by molar-refractivity contribution is -0.140. The number of hydrogen-bond donors (Lipinski definition) is 3. The van der Waals surface area contributed by atoms with Crippen LogP contribution in [0.15, 0.2) is 30.3 Å². The van der Waals surface area contributed by atoms with Gasteiger partial charge < -0.3 is 15.8 Å². The zero-order valence-corrected chi connectivity index (χ0v) is 9.48. The SMILES string of the molecule is N=C(N)NCC[CH]C(=O)OCc1ccccc1. The van der Waals surface area contributed by atoms with E-state index in [1.807, 2.05) is 30.3 Å². The molecule has 0 unspecified atom stereocenters. The zero-order valence-electron chi connectivity index (χ0n) is 9.48. The Labute approximate surface area is 100 Å². The van der Waals surface area contributed by atoms with E-state index in [4.69, 9.17) is 15.9 Å². The van der Waals surface area contributed by atoms with E-state index in [1.54, 1.807) is 0 Å². The summed E-state index contributed by atoms with van der Waals surface area (Å²) in [5, 5.41) is 9.51. The van der Waals surface area contributed by atoms with E-state index in [2.05, 4.69) is 5.32 Å². The molecule has 0 heterocycles. The summed E-state index contributed by atoms with van der Waals surface area (Å²) in [6, 6.07) is 9.48. The van der Waals surface area contributed by atoms with Gasteiger partial charge in [-0.1, -0.05) is 30.3 Å². The van der Waals surface area contributed by atoms with Gasteiger partial charge in [0.15, 0.2) is 5.96 Å². The number of carbonyl (C=O) groups excluding carboxylic acids is 1.